The number of hydrogen-bond donors (Lipinski definition) is 8. The summed E-state index contributed by atoms with van der Waals surface area (Å²) in [5.41, 5.74) is 1.67. The van der Waals surface area contributed by atoms with Gasteiger partial charge in [-0.3, -0.25) is 54.6 Å². The third kappa shape index (κ3) is 11.7. The molecule has 26 heteroatoms. The zero-order valence-electron chi connectivity index (χ0n) is 42.2. The monoisotopic (exact) mass is 1110 g/mol. The molecule has 7 heterocycles. The average molecular weight is 1120 g/mol. The lowest BCUT2D eigenvalue weighted by atomic mass is 10.0. The van der Waals surface area contributed by atoms with Gasteiger partial charge in [0.25, 0.3) is 16.7 Å². The molecular weight excluding hydrogens is 1060 g/mol. The number of nitrogens with one attached hydrogen (secondary N) is 6. The van der Waals surface area contributed by atoms with Crippen LogP contribution >= 0.6 is 36.7 Å². The second kappa shape index (κ2) is 24.9. The van der Waals surface area contributed by atoms with Crippen LogP contribution in [0.2, 0.25) is 0 Å². The van der Waals surface area contributed by atoms with Gasteiger partial charge in [-0.25, -0.2) is 19.7 Å². The maximum atomic E-state index is 13.5. The number of likely N-dealkylation sites (tertiary alicyclic amines) is 1. The van der Waals surface area contributed by atoms with E-state index in [1.165, 1.54) is 23.5 Å². The first-order chi connectivity index (χ1) is 37.7. The molecule has 0 spiro atoms. The fraction of sp³-hybridized carbons (Fsp3) is 0.269. The summed E-state index contributed by atoms with van der Waals surface area (Å²) < 4.78 is 10.4. The van der Waals surface area contributed by atoms with Gasteiger partial charge >= 0.3 is 5.97 Å². The summed E-state index contributed by atoms with van der Waals surface area (Å²) in [6.45, 7) is 10.3. The minimum Gasteiger partial charge on any atom is -0.508 e. The number of benzene rings is 3. The lowest BCUT2D eigenvalue weighted by molar-refractivity contribution is -0.139. The third-order valence-electron chi connectivity index (χ3n) is 12.9. The Kier molecular flexibility index (Phi) is 17.6. The number of amides is 2. The maximum Gasteiger partial charge on any atom is 0.331 e. The minimum atomic E-state index is -1.15. The van der Waals surface area contributed by atoms with E-state index in [-0.39, 0.29) is 64.4 Å². The number of phenols is 1. The molecule has 1 aliphatic rings. The molecule has 404 valence electrons. The van der Waals surface area contributed by atoms with E-state index in [2.05, 4.69) is 52.1 Å². The van der Waals surface area contributed by atoms with Crippen LogP contribution in [-0.2, 0) is 14.4 Å². The molecule has 9 aromatic rings. The molecule has 78 heavy (non-hydrogen) atoms. The van der Waals surface area contributed by atoms with Crippen LogP contribution in [0.5, 0.6) is 11.5 Å². The van der Waals surface area contributed by atoms with Crippen LogP contribution in [0.1, 0.15) is 74.3 Å². The second-order valence-electron chi connectivity index (χ2n) is 17.8. The fourth-order valence-corrected chi connectivity index (χ4v) is 10.1. The number of aromatic nitrogens is 12. The number of aromatic hydroxyl groups is 1. The number of carboxylic acid groups (broad SMARTS) is 1. The largest absolute Gasteiger partial charge is 0.508 e. The summed E-state index contributed by atoms with van der Waals surface area (Å²) in [4.78, 5) is 90.8. The Morgan fingerprint density at radius 2 is 1.10 bits per heavy atom. The van der Waals surface area contributed by atoms with E-state index >= 15 is 0 Å². The lowest BCUT2D eigenvalue weighted by Gasteiger charge is -2.28. The molecule has 0 aliphatic carbocycles. The number of ether oxygens (including phenoxy) is 1. The van der Waals surface area contributed by atoms with Crippen molar-refractivity contribution >= 4 is 87.5 Å². The first-order valence-corrected chi connectivity index (χ1v) is 25.9. The highest BCUT2D eigenvalue weighted by molar-refractivity contribution is 7.72. The lowest BCUT2D eigenvalue weighted by Crippen LogP contribution is -2.38. The molecule has 1 saturated heterocycles. The summed E-state index contributed by atoms with van der Waals surface area (Å²) in [7, 11) is 0. The van der Waals surface area contributed by atoms with Crippen LogP contribution in [0.4, 0.5) is 0 Å². The molecule has 0 saturated carbocycles. The van der Waals surface area contributed by atoms with Crippen molar-refractivity contribution in [1.82, 2.24) is 69.0 Å². The van der Waals surface area contributed by atoms with Gasteiger partial charge in [-0.2, -0.15) is 0 Å². The first kappa shape index (κ1) is 55.4. The predicted molar refractivity (Wildman–Crippen MR) is 298 cm³/mol. The van der Waals surface area contributed by atoms with Crippen molar-refractivity contribution in [2.75, 3.05) is 32.8 Å². The number of hydrogen-bond acceptors (Lipinski definition) is 14. The van der Waals surface area contributed by atoms with E-state index in [1.54, 1.807) is 68.6 Å². The Bertz CT molecular complexity index is 4010. The Labute approximate surface area is 457 Å². The molecule has 0 radical (unpaired) electrons. The smallest absolute Gasteiger partial charge is 0.331 e. The normalized spacial score (nSPS) is 13.5. The van der Waals surface area contributed by atoms with Gasteiger partial charge in [0.05, 0.1) is 19.0 Å². The Morgan fingerprint density at radius 3 is 1.58 bits per heavy atom. The number of carbonyl (C=O) groups excluding carboxylic acids is 2. The number of nitrogens with zero attached hydrogens (tertiary/aromatic N) is 8. The highest BCUT2D eigenvalue weighted by Gasteiger charge is 2.31. The summed E-state index contributed by atoms with van der Waals surface area (Å²) in [6, 6.07) is 20.0. The molecule has 3 atom stereocenters. The summed E-state index contributed by atoms with van der Waals surface area (Å²) in [6.07, 6.45) is 9.99. The van der Waals surface area contributed by atoms with Gasteiger partial charge in [0.15, 0.2) is 23.0 Å². The summed E-state index contributed by atoms with van der Waals surface area (Å²) in [5.74, 6) is -0.767. The van der Waals surface area contributed by atoms with Gasteiger partial charge in [-0.15, -0.1) is 0 Å². The number of carbonyl (C=O) groups is 3. The second-order valence-corrected chi connectivity index (χ2v) is 18.9. The number of carboxylic acids is 1. The number of aromatic amines is 6. The van der Waals surface area contributed by atoms with E-state index in [4.69, 9.17) is 41.4 Å². The average Bonchev–Trinajstić information content (AvgIpc) is 4.07. The molecule has 1 fully saturated rings. The van der Waals surface area contributed by atoms with Crippen molar-refractivity contribution in [2.45, 2.75) is 57.7 Å². The highest BCUT2D eigenvalue weighted by Crippen LogP contribution is 2.29. The SMILES string of the molecule is C=CCOc1cccc(C(C(=O)O)n2cnc3[nH][nH]c(=O)c3c2=S)c1.CCN(CC)C(=O)C(c1ccccc1)n1cnc2[nH][nH]c(=O)c2c1=S.O=C(C(c1cccc(O)c1)n1cnc2[nH][nH]c(=O)c2c1=S)N1CCCCCC1. The number of phenolic OH excluding ortho intramolecular Hbond substituents is 1. The molecule has 3 aromatic carbocycles. The first-order valence-electron chi connectivity index (χ1n) is 24.7. The van der Waals surface area contributed by atoms with Gasteiger partial charge in [-0.05, 0) is 67.6 Å². The van der Waals surface area contributed by atoms with Crippen LogP contribution in [-0.4, -0.2) is 130 Å². The van der Waals surface area contributed by atoms with Gasteiger partial charge < -0.3 is 38.5 Å². The molecule has 8 N–H and O–H groups in total. The predicted octanol–water partition coefficient (Wildman–Crippen LogP) is 6.74. The third-order valence-corrected chi connectivity index (χ3v) is 14.2. The zero-order valence-corrected chi connectivity index (χ0v) is 44.6. The molecule has 0 bridgehead atoms. The van der Waals surface area contributed by atoms with E-state index in [9.17, 15) is 39.0 Å². The molecular formula is C52H54N14O9S3. The molecule has 2 amide bonds. The van der Waals surface area contributed by atoms with Crippen molar-refractivity contribution in [1.29, 1.82) is 0 Å². The topological polar surface area (TPSA) is 307 Å². The van der Waals surface area contributed by atoms with E-state index in [1.807, 2.05) is 49.1 Å². The Morgan fingerprint density at radius 1 is 0.641 bits per heavy atom. The number of aliphatic carboxylic acids is 1. The van der Waals surface area contributed by atoms with Crippen molar-refractivity contribution in [2.24, 2.45) is 0 Å². The van der Waals surface area contributed by atoms with Gasteiger partial charge in [0, 0.05) is 26.2 Å². The van der Waals surface area contributed by atoms with Gasteiger partial charge in [0.2, 0.25) is 11.8 Å². The molecule has 3 unspecified atom stereocenters. The molecule has 1 aliphatic heterocycles. The highest BCUT2D eigenvalue weighted by atomic mass is 32.1. The minimum absolute atomic E-state index is 0.0613. The number of likely N-dealkylation sites (N-methyl/N-ethyl adjacent to an activating group) is 1. The molecule has 10 rings (SSSR count). The number of fused-ring (bicyclic) bond motifs is 3. The quantitative estimate of drug-likeness (QED) is 0.0413. The van der Waals surface area contributed by atoms with Gasteiger partial charge in [-0.1, -0.05) is 117 Å². The zero-order chi connectivity index (χ0) is 55.6. The van der Waals surface area contributed by atoms with Crippen LogP contribution in [0.15, 0.2) is 125 Å². The van der Waals surface area contributed by atoms with Crippen molar-refractivity contribution < 1.29 is 29.3 Å². The standard InChI is InChI=1S/C19H21N5O3S.C17H19N5O2S.C16H14N4O4S/c25-13-7-5-6-12(10-13)15(18(27)23-8-3-1-2-4-9-23)24-11-20-16-14(19(24)28)17(26)22-21-16;1-3-21(4-2)16(24)13(11-8-6-5-7-9-11)22-10-18-14-12(17(22)25)15(23)20-19-14;1-2-6-24-10-5-3-4-9(7-10)12(16(22)23)20-8-17-13-11(15(20)25)14(21)19-18-13/h5-7,10-11,15,25H,1-4,8-9H2,(H2,21,22,26);5-10,13H,3-4H2,1-2H3,(H2,19,20,23);2-5,7-8,12H,1,6H2,(H,22,23)(H2,18,19,21). The van der Waals surface area contributed by atoms with Crippen LogP contribution in [0.3, 0.4) is 0 Å². The van der Waals surface area contributed by atoms with Crippen molar-refractivity contribution in [3.8, 4) is 11.5 Å². The van der Waals surface area contributed by atoms with E-state index < -0.39 is 29.7 Å². The maximum absolute atomic E-state index is 13.5. The summed E-state index contributed by atoms with van der Waals surface area (Å²) in [5, 5.41) is 35.6. The van der Waals surface area contributed by atoms with Crippen molar-refractivity contribution in [3.05, 3.63) is 172 Å². The molecule has 6 aromatic heterocycles. The van der Waals surface area contributed by atoms with Crippen LogP contribution in [0, 0.1) is 13.9 Å². The van der Waals surface area contributed by atoms with Crippen LogP contribution in [0.25, 0.3) is 33.1 Å². The van der Waals surface area contributed by atoms with E-state index in [0.717, 1.165) is 31.2 Å². The summed E-state index contributed by atoms with van der Waals surface area (Å²) >= 11 is 16.4. The Balaban J connectivity index is 0.000000155. The van der Waals surface area contributed by atoms with Crippen molar-refractivity contribution in [3.63, 3.8) is 0 Å². The number of H-pyrrole nitrogens is 6. The molecule has 23 nitrogen and oxygen atoms in total. The Hall–Kier alpha value is -8.88. The fourth-order valence-electron chi connectivity index (χ4n) is 9.09. The van der Waals surface area contributed by atoms with Gasteiger partial charge in [0.1, 0.15) is 60.3 Å². The number of rotatable bonds is 14. The van der Waals surface area contributed by atoms with Crippen LogP contribution < -0.4 is 21.4 Å². The van der Waals surface area contributed by atoms with E-state index in [0.29, 0.717) is 61.0 Å².